The summed E-state index contributed by atoms with van der Waals surface area (Å²) >= 11 is 0. The fourth-order valence-corrected chi connectivity index (χ4v) is 1.72. The highest BCUT2D eigenvalue weighted by Gasteiger charge is 2.14. The normalized spacial score (nSPS) is 9.71. The molecule has 0 aliphatic heterocycles. The Bertz CT molecular complexity index is 766. The van der Waals surface area contributed by atoms with Crippen LogP contribution in [-0.2, 0) is 0 Å². The lowest BCUT2D eigenvalue weighted by Crippen LogP contribution is -2.15. The summed E-state index contributed by atoms with van der Waals surface area (Å²) in [6.45, 7) is 0. The standard InChI is InChI=1S/C15H9FN2O3/c16-11-3-1-2-10(7-11)14(19)18-13-5-4-9(8-17)6-12(13)15(20)21/h1-7H,(H,18,19)(H,20,21). The number of carboxylic acids is 1. The molecule has 0 saturated carbocycles. The number of benzene rings is 2. The Morgan fingerprint density at radius 2 is 1.95 bits per heavy atom. The Hall–Kier alpha value is -3.20. The van der Waals surface area contributed by atoms with E-state index >= 15 is 0 Å². The van der Waals surface area contributed by atoms with Crippen molar-refractivity contribution in [1.29, 1.82) is 5.26 Å². The van der Waals surface area contributed by atoms with Crippen LogP contribution in [0.2, 0.25) is 0 Å². The van der Waals surface area contributed by atoms with Gasteiger partial charge in [-0.05, 0) is 36.4 Å². The fraction of sp³-hybridized carbons (Fsp3) is 0. The first-order valence-corrected chi connectivity index (χ1v) is 5.85. The van der Waals surface area contributed by atoms with Crippen molar-refractivity contribution in [2.45, 2.75) is 0 Å². The average Bonchev–Trinajstić information content (AvgIpc) is 2.47. The number of hydrogen-bond acceptors (Lipinski definition) is 3. The van der Waals surface area contributed by atoms with Crippen LogP contribution in [-0.4, -0.2) is 17.0 Å². The van der Waals surface area contributed by atoms with Crippen LogP contribution in [0, 0.1) is 17.1 Å². The van der Waals surface area contributed by atoms with Crippen LogP contribution in [0.1, 0.15) is 26.3 Å². The minimum Gasteiger partial charge on any atom is -0.478 e. The van der Waals surface area contributed by atoms with Gasteiger partial charge in [0.15, 0.2) is 0 Å². The zero-order valence-corrected chi connectivity index (χ0v) is 10.6. The first kappa shape index (κ1) is 14.2. The molecule has 0 aromatic heterocycles. The van der Waals surface area contributed by atoms with E-state index in [9.17, 15) is 14.0 Å². The van der Waals surface area contributed by atoms with Crippen molar-refractivity contribution in [1.82, 2.24) is 0 Å². The molecule has 1 amide bonds. The SMILES string of the molecule is N#Cc1ccc(NC(=O)c2cccc(F)c2)c(C(=O)O)c1. The number of amides is 1. The lowest BCUT2D eigenvalue weighted by Gasteiger charge is -2.09. The predicted molar refractivity (Wildman–Crippen MR) is 72.5 cm³/mol. The van der Waals surface area contributed by atoms with Crippen molar-refractivity contribution in [3.8, 4) is 6.07 Å². The van der Waals surface area contributed by atoms with Crippen LogP contribution in [0.25, 0.3) is 0 Å². The highest BCUT2D eigenvalue weighted by atomic mass is 19.1. The number of nitrogens with one attached hydrogen (secondary N) is 1. The van der Waals surface area contributed by atoms with E-state index < -0.39 is 17.7 Å². The minimum absolute atomic E-state index is 0.0377. The Labute approximate surface area is 119 Å². The third-order valence-electron chi connectivity index (χ3n) is 2.71. The van der Waals surface area contributed by atoms with E-state index in [2.05, 4.69) is 5.32 Å². The van der Waals surface area contributed by atoms with Crippen LogP contribution in [0.3, 0.4) is 0 Å². The number of aromatic carboxylic acids is 1. The molecular weight excluding hydrogens is 275 g/mol. The predicted octanol–water partition coefficient (Wildman–Crippen LogP) is 2.65. The quantitative estimate of drug-likeness (QED) is 0.906. The summed E-state index contributed by atoms with van der Waals surface area (Å²) in [5.41, 5.74) is 0.0569. The summed E-state index contributed by atoms with van der Waals surface area (Å²) in [5, 5.41) is 20.2. The van der Waals surface area contributed by atoms with E-state index in [-0.39, 0.29) is 22.4 Å². The van der Waals surface area contributed by atoms with E-state index in [1.807, 2.05) is 6.07 Å². The Balaban J connectivity index is 2.33. The highest BCUT2D eigenvalue weighted by Crippen LogP contribution is 2.18. The molecule has 2 N–H and O–H groups in total. The van der Waals surface area contributed by atoms with Gasteiger partial charge >= 0.3 is 5.97 Å². The molecule has 2 rings (SSSR count). The lowest BCUT2D eigenvalue weighted by atomic mass is 10.1. The third-order valence-corrected chi connectivity index (χ3v) is 2.71. The second-order valence-electron chi connectivity index (χ2n) is 4.14. The van der Waals surface area contributed by atoms with Crippen LogP contribution in [0.15, 0.2) is 42.5 Å². The monoisotopic (exact) mass is 284 g/mol. The van der Waals surface area contributed by atoms with Gasteiger partial charge in [0.25, 0.3) is 5.91 Å². The summed E-state index contributed by atoms with van der Waals surface area (Å²) in [6.07, 6.45) is 0. The summed E-state index contributed by atoms with van der Waals surface area (Å²) < 4.78 is 13.1. The summed E-state index contributed by atoms with van der Waals surface area (Å²) in [5.74, 6) is -2.48. The van der Waals surface area contributed by atoms with Crippen molar-refractivity contribution in [2.75, 3.05) is 5.32 Å². The van der Waals surface area contributed by atoms with Crippen molar-refractivity contribution in [2.24, 2.45) is 0 Å². The molecule has 0 aliphatic carbocycles. The van der Waals surface area contributed by atoms with Crippen molar-refractivity contribution in [3.05, 3.63) is 65.0 Å². The molecule has 5 nitrogen and oxygen atoms in total. The number of nitrogens with zero attached hydrogens (tertiary/aromatic N) is 1. The molecule has 0 radical (unpaired) electrons. The Morgan fingerprint density at radius 1 is 1.19 bits per heavy atom. The van der Waals surface area contributed by atoms with Gasteiger partial charge in [-0.3, -0.25) is 4.79 Å². The van der Waals surface area contributed by atoms with Gasteiger partial charge in [-0.25, -0.2) is 9.18 Å². The average molecular weight is 284 g/mol. The number of rotatable bonds is 3. The Kier molecular flexibility index (Phi) is 3.95. The molecule has 2 aromatic rings. The molecular formula is C15H9FN2O3. The number of halogens is 1. The van der Waals surface area contributed by atoms with Gasteiger partial charge in [0.2, 0.25) is 0 Å². The molecule has 2 aromatic carbocycles. The van der Waals surface area contributed by atoms with Crippen LogP contribution in [0.5, 0.6) is 0 Å². The molecule has 0 aliphatic rings. The number of anilines is 1. The number of carbonyl (C=O) groups excluding carboxylic acids is 1. The molecule has 0 saturated heterocycles. The molecule has 0 heterocycles. The van der Waals surface area contributed by atoms with Gasteiger partial charge in [0, 0.05) is 5.56 Å². The smallest absolute Gasteiger partial charge is 0.337 e. The third kappa shape index (κ3) is 3.22. The topological polar surface area (TPSA) is 90.2 Å². The molecule has 0 fully saturated rings. The van der Waals surface area contributed by atoms with Gasteiger partial charge in [0.1, 0.15) is 5.82 Å². The Morgan fingerprint density at radius 3 is 2.57 bits per heavy atom. The molecule has 0 bridgehead atoms. The summed E-state index contributed by atoms with van der Waals surface area (Å²) in [7, 11) is 0. The van der Waals surface area contributed by atoms with Gasteiger partial charge in [-0.2, -0.15) is 5.26 Å². The first-order chi connectivity index (χ1) is 10.0. The molecule has 0 spiro atoms. The van der Waals surface area contributed by atoms with Crippen LogP contribution >= 0.6 is 0 Å². The zero-order valence-electron chi connectivity index (χ0n) is 10.6. The van der Waals surface area contributed by atoms with E-state index in [1.165, 1.54) is 30.3 Å². The molecule has 0 atom stereocenters. The number of hydrogen-bond donors (Lipinski definition) is 2. The second-order valence-corrected chi connectivity index (χ2v) is 4.14. The zero-order chi connectivity index (χ0) is 15.4. The van der Waals surface area contributed by atoms with Crippen molar-refractivity contribution in [3.63, 3.8) is 0 Å². The maximum absolute atomic E-state index is 13.1. The number of carboxylic acid groups (broad SMARTS) is 1. The second kappa shape index (κ2) is 5.84. The van der Waals surface area contributed by atoms with Crippen molar-refractivity contribution >= 4 is 17.6 Å². The van der Waals surface area contributed by atoms with E-state index in [1.54, 1.807) is 0 Å². The maximum atomic E-state index is 13.1. The minimum atomic E-state index is -1.28. The van der Waals surface area contributed by atoms with Gasteiger partial charge in [-0.1, -0.05) is 6.07 Å². The summed E-state index contributed by atoms with van der Waals surface area (Å²) in [4.78, 5) is 23.1. The molecule has 0 unspecified atom stereocenters. The van der Waals surface area contributed by atoms with E-state index in [0.29, 0.717) is 0 Å². The van der Waals surface area contributed by atoms with Gasteiger partial charge < -0.3 is 10.4 Å². The van der Waals surface area contributed by atoms with Gasteiger partial charge in [-0.15, -0.1) is 0 Å². The number of nitriles is 1. The number of carbonyl (C=O) groups is 2. The summed E-state index contributed by atoms with van der Waals surface area (Å²) in [6, 6.07) is 10.7. The van der Waals surface area contributed by atoms with Crippen molar-refractivity contribution < 1.29 is 19.1 Å². The lowest BCUT2D eigenvalue weighted by molar-refractivity contribution is 0.0698. The maximum Gasteiger partial charge on any atom is 0.337 e. The highest BCUT2D eigenvalue weighted by molar-refractivity contribution is 6.07. The fourth-order valence-electron chi connectivity index (χ4n) is 1.72. The van der Waals surface area contributed by atoms with E-state index in [4.69, 9.17) is 10.4 Å². The molecule has 6 heteroatoms. The molecule has 104 valence electrons. The largest absolute Gasteiger partial charge is 0.478 e. The molecule has 21 heavy (non-hydrogen) atoms. The van der Waals surface area contributed by atoms with Gasteiger partial charge in [0.05, 0.1) is 22.9 Å². The van der Waals surface area contributed by atoms with Crippen LogP contribution < -0.4 is 5.32 Å². The van der Waals surface area contributed by atoms with E-state index in [0.717, 1.165) is 12.1 Å². The van der Waals surface area contributed by atoms with Crippen LogP contribution in [0.4, 0.5) is 10.1 Å². The first-order valence-electron chi connectivity index (χ1n) is 5.85.